The van der Waals surface area contributed by atoms with Crippen LogP contribution in [-0.4, -0.2) is 26.0 Å². The molecule has 6 nitrogen and oxygen atoms in total. The molecule has 3 rings (SSSR count). The minimum atomic E-state index is -0.415. The average molecular weight is 394 g/mol. The third-order valence-electron chi connectivity index (χ3n) is 4.41. The molecule has 0 spiro atoms. The van der Waals surface area contributed by atoms with Crippen molar-refractivity contribution in [3.63, 3.8) is 0 Å². The maximum absolute atomic E-state index is 12.2. The van der Waals surface area contributed by atoms with Crippen molar-refractivity contribution in [1.29, 1.82) is 0 Å². The summed E-state index contributed by atoms with van der Waals surface area (Å²) in [4.78, 5) is 23.7. The molecule has 0 N–H and O–H groups in total. The molecule has 29 heavy (non-hydrogen) atoms. The summed E-state index contributed by atoms with van der Waals surface area (Å²) >= 11 is 0. The van der Waals surface area contributed by atoms with Crippen molar-refractivity contribution in [2.45, 2.75) is 19.8 Å². The molecule has 0 aliphatic heterocycles. The lowest BCUT2D eigenvalue weighted by Gasteiger charge is -2.10. The Kier molecular flexibility index (Phi) is 6.34. The second-order valence-electron chi connectivity index (χ2n) is 6.39. The van der Waals surface area contributed by atoms with Gasteiger partial charge in [0.05, 0.1) is 20.6 Å². The lowest BCUT2D eigenvalue weighted by molar-refractivity contribution is -0.134. The first-order chi connectivity index (χ1) is 14.0. The third-order valence-corrected chi connectivity index (χ3v) is 4.41. The van der Waals surface area contributed by atoms with E-state index in [1.165, 1.54) is 14.0 Å². The highest BCUT2D eigenvalue weighted by molar-refractivity contribution is 5.94. The van der Waals surface area contributed by atoms with Crippen molar-refractivity contribution in [3.05, 3.63) is 65.9 Å². The predicted octanol–water partition coefficient (Wildman–Crippen LogP) is 4.70. The van der Waals surface area contributed by atoms with Crippen LogP contribution in [-0.2, 0) is 11.2 Å². The van der Waals surface area contributed by atoms with Gasteiger partial charge in [0.1, 0.15) is 17.3 Å². The molecule has 0 saturated heterocycles. The number of ether oxygens (including phenoxy) is 3. The van der Waals surface area contributed by atoms with Gasteiger partial charge in [0.2, 0.25) is 0 Å². The lowest BCUT2D eigenvalue weighted by atomic mass is 10.1. The van der Waals surface area contributed by atoms with E-state index in [-0.39, 0.29) is 18.0 Å². The van der Waals surface area contributed by atoms with Crippen LogP contribution in [0.25, 0.3) is 11.3 Å². The molecular weight excluding hydrogens is 372 g/mol. The standard InChI is InChI=1S/C23H22O6/c1-15(24)17-6-11-21(22(14-17)27-3)29-23(25)13-10-19-9-12-20(28-19)16-4-7-18(26-2)8-5-16/h4-9,11-12,14H,10,13H2,1-3H3. The average Bonchev–Trinajstić information content (AvgIpc) is 3.21. The summed E-state index contributed by atoms with van der Waals surface area (Å²) in [7, 11) is 3.08. The van der Waals surface area contributed by atoms with E-state index in [4.69, 9.17) is 18.6 Å². The molecule has 0 saturated carbocycles. The van der Waals surface area contributed by atoms with E-state index in [0.29, 0.717) is 23.5 Å². The number of ketones is 1. The number of rotatable bonds is 8. The number of esters is 1. The Hall–Kier alpha value is -3.54. The van der Waals surface area contributed by atoms with E-state index in [0.717, 1.165) is 17.1 Å². The first-order valence-electron chi connectivity index (χ1n) is 9.13. The first kappa shape index (κ1) is 20.2. The van der Waals surface area contributed by atoms with Crippen LogP contribution in [0.1, 0.15) is 29.5 Å². The molecule has 150 valence electrons. The summed E-state index contributed by atoms with van der Waals surface area (Å²) < 4.78 is 21.6. The number of carbonyl (C=O) groups excluding carboxylic acids is 2. The van der Waals surface area contributed by atoms with E-state index in [1.54, 1.807) is 25.3 Å². The number of benzene rings is 2. The zero-order valence-electron chi connectivity index (χ0n) is 16.6. The smallest absolute Gasteiger partial charge is 0.311 e. The molecule has 1 aromatic heterocycles. The highest BCUT2D eigenvalue weighted by Crippen LogP contribution is 2.29. The third kappa shape index (κ3) is 5.04. The van der Waals surface area contributed by atoms with E-state index >= 15 is 0 Å². The van der Waals surface area contributed by atoms with Gasteiger partial charge in [-0.25, -0.2) is 0 Å². The highest BCUT2D eigenvalue weighted by atomic mass is 16.6. The van der Waals surface area contributed by atoms with Crippen molar-refractivity contribution >= 4 is 11.8 Å². The fourth-order valence-corrected chi connectivity index (χ4v) is 2.79. The maximum Gasteiger partial charge on any atom is 0.311 e. The summed E-state index contributed by atoms with van der Waals surface area (Å²) in [5, 5.41) is 0. The Morgan fingerprint density at radius 1 is 0.897 bits per heavy atom. The predicted molar refractivity (Wildman–Crippen MR) is 108 cm³/mol. The van der Waals surface area contributed by atoms with Crippen LogP contribution in [0.5, 0.6) is 17.2 Å². The van der Waals surface area contributed by atoms with Crippen LogP contribution in [0.3, 0.4) is 0 Å². The Bertz CT molecular complexity index is 1000. The van der Waals surface area contributed by atoms with Gasteiger partial charge in [-0.15, -0.1) is 0 Å². The second-order valence-corrected chi connectivity index (χ2v) is 6.39. The molecule has 0 fully saturated rings. The van der Waals surface area contributed by atoms with Gasteiger partial charge in [-0.3, -0.25) is 9.59 Å². The zero-order chi connectivity index (χ0) is 20.8. The molecule has 0 unspecified atom stereocenters. The monoisotopic (exact) mass is 394 g/mol. The van der Waals surface area contributed by atoms with E-state index in [2.05, 4.69) is 0 Å². The van der Waals surface area contributed by atoms with Gasteiger partial charge in [-0.1, -0.05) is 0 Å². The van der Waals surface area contributed by atoms with E-state index in [1.807, 2.05) is 36.4 Å². The van der Waals surface area contributed by atoms with Gasteiger partial charge in [-0.05, 0) is 61.5 Å². The van der Waals surface area contributed by atoms with Crippen LogP contribution in [0.2, 0.25) is 0 Å². The number of hydrogen-bond acceptors (Lipinski definition) is 6. The van der Waals surface area contributed by atoms with Crippen molar-refractivity contribution in [2.24, 2.45) is 0 Å². The van der Waals surface area contributed by atoms with Crippen molar-refractivity contribution in [3.8, 4) is 28.6 Å². The van der Waals surface area contributed by atoms with Gasteiger partial charge in [-0.2, -0.15) is 0 Å². The second kappa shape index (κ2) is 9.10. The molecule has 3 aromatic rings. The van der Waals surface area contributed by atoms with Gasteiger partial charge in [0, 0.05) is 17.5 Å². The molecule has 2 aromatic carbocycles. The van der Waals surface area contributed by atoms with Gasteiger partial charge in [0.25, 0.3) is 0 Å². The highest BCUT2D eigenvalue weighted by Gasteiger charge is 2.14. The number of methoxy groups -OCH3 is 2. The number of hydrogen-bond donors (Lipinski definition) is 0. The Labute approximate surface area is 169 Å². The van der Waals surface area contributed by atoms with Gasteiger partial charge < -0.3 is 18.6 Å². The van der Waals surface area contributed by atoms with Crippen molar-refractivity contribution < 1.29 is 28.2 Å². The van der Waals surface area contributed by atoms with Crippen LogP contribution in [0.15, 0.2) is 59.0 Å². The lowest BCUT2D eigenvalue weighted by Crippen LogP contribution is -2.10. The first-order valence-corrected chi connectivity index (χ1v) is 9.13. The molecule has 6 heteroatoms. The summed E-state index contributed by atoms with van der Waals surface area (Å²) in [6.45, 7) is 1.46. The molecule has 0 aliphatic rings. The fourth-order valence-electron chi connectivity index (χ4n) is 2.79. The Morgan fingerprint density at radius 2 is 1.66 bits per heavy atom. The number of aryl methyl sites for hydroxylation is 1. The zero-order valence-corrected chi connectivity index (χ0v) is 16.6. The van der Waals surface area contributed by atoms with Gasteiger partial charge >= 0.3 is 5.97 Å². The molecule has 0 aliphatic carbocycles. The van der Waals surface area contributed by atoms with E-state index < -0.39 is 5.97 Å². The summed E-state index contributed by atoms with van der Waals surface area (Å²) in [5.41, 5.74) is 1.42. The Balaban J connectivity index is 1.60. The molecule has 0 bridgehead atoms. The molecule has 0 radical (unpaired) electrons. The Morgan fingerprint density at radius 3 is 2.31 bits per heavy atom. The van der Waals surface area contributed by atoms with Crippen molar-refractivity contribution in [2.75, 3.05) is 14.2 Å². The molecule has 0 atom stereocenters. The minimum absolute atomic E-state index is 0.0911. The van der Waals surface area contributed by atoms with Crippen LogP contribution in [0, 0.1) is 0 Å². The number of furan rings is 1. The SMILES string of the molecule is COc1ccc(-c2ccc(CCC(=O)Oc3ccc(C(C)=O)cc3OC)o2)cc1. The van der Waals surface area contributed by atoms with Gasteiger partial charge in [0.15, 0.2) is 17.3 Å². The fraction of sp³-hybridized carbons (Fsp3) is 0.217. The van der Waals surface area contributed by atoms with Crippen LogP contribution >= 0.6 is 0 Å². The van der Waals surface area contributed by atoms with Crippen LogP contribution < -0.4 is 14.2 Å². The maximum atomic E-state index is 12.2. The van der Waals surface area contributed by atoms with E-state index in [9.17, 15) is 9.59 Å². The normalized spacial score (nSPS) is 10.4. The number of Topliss-reactive ketones (excluding diaryl/α,β-unsaturated/α-hetero) is 1. The summed E-state index contributed by atoms with van der Waals surface area (Å²) in [5.74, 6) is 2.29. The quantitative estimate of drug-likeness (QED) is 0.313. The van der Waals surface area contributed by atoms with Crippen molar-refractivity contribution in [1.82, 2.24) is 0 Å². The molecule has 1 heterocycles. The summed E-state index contributed by atoms with van der Waals surface area (Å²) in [6.07, 6.45) is 0.552. The largest absolute Gasteiger partial charge is 0.497 e. The summed E-state index contributed by atoms with van der Waals surface area (Å²) in [6, 6.07) is 16.0. The topological polar surface area (TPSA) is 75.0 Å². The molecular formula is C23H22O6. The number of carbonyl (C=O) groups is 2. The van der Waals surface area contributed by atoms with Crippen LogP contribution in [0.4, 0.5) is 0 Å². The molecule has 0 amide bonds. The minimum Gasteiger partial charge on any atom is -0.497 e.